The van der Waals surface area contributed by atoms with Crippen molar-refractivity contribution in [2.75, 3.05) is 66.5 Å². The molecule has 3 rings (SSSR count). The molecule has 32 heavy (non-hydrogen) atoms. The Morgan fingerprint density at radius 1 is 0.969 bits per heavy atom. The lowest BCUT2D eigenvalue weighted by molar-refractivity contribution is -0.132. The zero-order valence-electron chi connectivity index (χ0n) is 19.6. The van der Waals surface area contributed by atoms with Crippen molar-refractivity contribution in [3.63, 3.8) is 0 Å². The molecular weight excluding hydrogens is 404 g/mol. The molecule has 0 atom stereocenters. The van der Waals surface area contributed by atoms with Crippen molar-refractivity contribution in [3.8, 4) is 0 Å². The molecule has 0 aliphatic carbocycles. The van der Waals surface area contributed by atoms with Gasteiger partial charge < -0.3 is 20.4 Å². The standard InChI is InChI=1S/C24H38N6O2/c1-25-23(32)21-9-7-8-20(18-21)10-11-27-24(26-2)30-16-14-28(15-17-30)19-22(31)29-12-5-3-4-6-13-29/h7-9,18H,3-6,10-17,19H2,1-2H3,(H,25,32)(H,26,27). The van der Waals surface area contributed by atoms with Gasteiger partial charge in [0.1, 0.15) is 0 Å². The maximum atomic E-state index is 12.7. The highest BCUT2D eigenvalue weighted by atomic mass is 16.2. The van der Waals surface area contributed by atoms with Gasteiger partial charge in [0, 0.05) is 65.5 Å². The van der Waals surface area contributed by atoms with Crippen LogP contribution < -0.4 is 10.6 Å². The van der Waals surface area contributed by atoms with Crippen molar-refractivity contribution in [2.45, 2.75) is 32.1 Å². The van der Waals surface area contributed by atoms with E-state index >= 15 is 0 Å². The largest absolute Gasteiger partial charge is 0.356 e. The van der Waals surface area contributed by atoms with Crippen LogP contribution in [0.15, 0.2) is 29.3 Å². The highest BCUT2D eigenvalue weighted by Crippen LogP contribution is 2.11. The second kappa shape index (κ2) is 12.4. The van der Waals surface area contributed by atoms with Crippen molar-refractivity contribution < 1.29 is 9.59 Å². The van der Waals surface area contributed by atoms with Crippen LogP contribution in [0, 0.1) is 0 Å². The summed E-state index contributed by atoms with van der Waals surface area (Å²) in [6, 6.07) is 7.72. The number of carbonyl (C=O) groups excluding carboxylic acids is 2. The quantitative estimate of drug-likeness (QED) is 0.511. The predicted molar refractivity (Wildman–Crippen MR) is 128 cm³/mol. The Morgan fingerprint density at radius 3 is 2.34 bits per heavy atom. The lowest BCUT2D eigenvalue weighted by Gasteiger charge is -2.37. The van der Waals surface area contributed by atoms with E-state index in [1.165, 1.54) is 12.8 Å². The number of piperazine rings is 1. The lowest BCUT2D eigenvalue weighted by atomic mass is 10.1. The first-order valence-corrected chi connectivity index (χ1v) is 11.9. The topological polar surface area (TPSA) is 80.3 Å². The fourth-order valence-corrected chi connectivity index (χ4v) is 4.39. The maximum absolute atomic E-state index is 12.7. The number of likely N-dealkylation sites (tertiary alicyclic amines) is 1. The SMILES string of the molecule is CN=C(NCCc1cccc(C(=O)NC)c1)N1CCN(CC(=O)N2CCCCCC2)CC1. The fourth-order valence-electron chi connectivity index (χ4n) is 4.39. The Hall–Kier alpha value is -2.61. The first kappa shape index (κ1) is 24.0. The second-order valence-electron chi connectivity index (χ2n) is 8.56. The van der Waals surface area contributed by atoms with Gasteiger partial charge in [0.05, 0.1) is 6.54 Å². The summed E-state index contributed by atoms with van der Waals surface area (Å²) >= 11 is 0. The Labute approximate surface area is 192 Å². The molecule has 1 aromatic carbocycles. The number of hydrogen-bond donors (Lipinski definition) is 2. The summed E-state index contributed by atoms with van der Waals surface area (Å²) in [6.45, 7) is 6.57. The molecule has 2 saturated heterocycles. The average Bonchev–Trinajstić information content (AvgIpc) is 3.12. The molecule has 0 spiro atoms. The summed E-state index contributed by atoms with van der Waals surface area (Å²) in [4.78, 5) is 35.5. The fraction of sp³-hybridized carbons (Fsp3) is 0.625. The highest BCUT2D eigenvalue weighted by molar-refractivity contribution is 5.94. The van der Waals surface area contributed by atoms with Crippen LogP contribution >= 0.6 is 0 Å². The molecule has 0 saturated carbocycles. The number of guanidine groups is 1. The summed E-state index contributed by atoms with van der Waals surface area (Å²) in [5, 5.41) is 6.11. The van der Waals surface area contributed by atoms with Crippen molar-refractivity contribution in [1.29, 1.82) is 0 Å². The van der Waals surface area contributed by atoms with Gasteiger partial charge in [0.2, 0.25) is 5.91 Å². The minimum atomic E-state index is -0.0668. The Balaban J connectivity index is 1.41. The molecule has 8 heteroatoms. The third-order valence-electron chi connectivity index (χ3n) is 6.31. The summed E-state index contributed by atoms with van der Waals surface area (Å²) in [5.41, 5.74) is 1.80. The lowest BCUT2D eigenvalue weighted by Crippen LogP contribution is -2.54. The van der Waals surface area contributed by atoms with Gasteiger partial charge in [0.25, 0.3) is 5.91 Å². The zero-order valence-corrected chi connectivity index (χ0v) is 19.6. The van der Waals surface area contributed by atoms with E-state index in [-0.39, 0.29) is 11.8 Å². The van der Waals surface area contributed by atoms with Crippen LogP contribution in [0.25, 0.3) is 0 Å². The van der Waals surface area contributed by atoms with Crippen molar-refractivity contribution in [3.05, 3.63) is 35.4 Å². The van der Waals surface area contributed by atoms with E-state index in [0.717, 1.165) is 76.6 Å². The third-order valence-corrected chi connectivity index (χ3v) is 6.31. The van der Waals surface area contributed by atoms with E-state index in [0.29, 0.717) is 12.1 Å². The Morgan fingerprint density at radius 2 is 1.69 bits per heavy atom. The predicted octanol–water partition coefficient (Wildman–Crippen LogP) is 1.18. The first-order chi connectivity index (χ1) is 15.6. The molecule has 2 heterocycles. The summed E-state index contributed by atoms with van der Waals surface area (Å²) < 4.78 is 0. The van der Waals surface area contributed by atoms with E-state index in [9.17, 15) is 9.59 Å². The minimum absolute atomic E-state index is 0.0668. The van der Waals surface area contributed by atoms with E-state index in [1.807, 2.05) is 31.3 Å². The molecule has 2 fully saturated rings. The molecule has 0 radical (unpaired) electrons. The normalized spacial score (nSPS) is 18.2. The first-order valence-electron chi connectivity index (χ1n) is 11.9. The van der Waals surface area contributed by atoms with Crippen LogP contribution in [-0.4, -0.2) is 98.9 Å². The summed E-state index contributed by atoms with van der Waals surface area (Å²) in [6.07, 6.45) is 5.57. The van der Waals surface area contributed by atoms with Crippen molar-refractivity contribution in [1.82, 2.24) is 25.3 Å². The van der Waals surface area contributed by atoms with Gasteiger partial charge in [-0.3, -0.25) is 19.5 Å². The molecule has 0 aromatic heterocycles. The summed E-state index contributed by atoms with van der Waals surface area (Å²) in [5.74, 6) is 1.11. The monoisotopic (exact) mass is 442 g/mol. The van der Waals surface area contributed by atoms with Crippen molar-refractivity contribution in [2.24, 2.45) is 4.99 Å². The van der Waals surface area contributed by atoms with E-state index in [1.54, 1.807) is 7.05 Å². The molecule has 1 aromatic rings. The van der Waals surface area contributed by atoms with Gasteiger partial charge in [-0.1, -0.05) is 25.0 Å². The molecule has 2 aliphatic heterocycles. The summed E-state index contributed by atoms with van der Waals surface area (Å²) in [7, 11) is 3.45. The molecule has 2 amide bonds. The highest BCUT2D eigenvalue weighted by Gasteiger charge is 2.23. The smallest absolute Gasteiger partial charge is 0.251 e. The van der Waals surface area contributed by atoms with Crippen LogP contribution in [0.1, 0.15) is 41.6 Å². The number of nitrogens with zero attached hydrogens (tertiary/aromatic N) is 4. The molecule has 2 aliphatic rings. The third kappa shape index (κ3) is 6.95. The van der Waals surface area contributed by atoms with E-state index in [2.05, 4.69) is 30.3 Å². The van der Waals surface area contributed by atoms with Gasteiger partial charge in [-0.15, -0.1) is 0 Å². The number of carbonyl (C=O) groups is 2. The van der Waals surface area contributed by atoms with E-state index in [4.69, 9.17) is 0 Å². The van der Waals surface area contributed by atoms with Gasteiger partial charge >= 0.3 is 0 Å². The molecule has 2 N–H and O–H groups in total. The average molecular weight is 443 g/mol. The van der Waals surface area contributed by atoms with E-state index < -0.39 is 0 Å². The van der Waals surface area contributed by atoms with Crippen molar-refractivity contribution >= 4 is 17.8 Å². The number of rotatable bonds is 6. The number of nitrogens with one attached hydrogen (secondary N) is 2. The van der Waals surface area contributed by atoms with Gasteiger partial charge in [0.15, 0.2) is 5.96 Å². The number of amides is 2. The molecular formula is C24H38N6O2. The minimum Gasteiger partial charge on any atom is -0.356 e. The number of benzene rings is 1. The second-order valence-corrected chi connectivity index (χ2v) is 8.56. The van der Waals surface area contributed by atoms with Gasteiger partial charge in [-0.2, -0.15) is 0 Å². The zero-order chi connectivity index (χ0) is 22.8. The molecule has 8 nitrogen and oxygen atoms in total. The van der Waals surface area contributed by atoms with Crippen LogP contribution in [0.5, 0.6) is 0 Å². The van der Waals surface area contributed by atoms with Crippen LogP contribution in [-0.2, 0) is 11.2 Å². The molecule has 0 bridgehead atoms. The van der Waals surface area contributed by atoms with Crippen LogP contribution in [0.3, 0.4) is 0 Å². The molecule has 176 valence electrons. The Kier molecular flexibility index (Phi) is 9.34. The van der Waals surface area contributed by atoms with Crippen LogP contribution in [0.4, 0.5) is 0 Å². The Bertz CT molecular complexity index is 780. The number of aliphatic imine (C=N–C) groups is 1. The number of hydrogen-bond acceptors (Lipinski definition) is 4. The van der Waals surface area contributed by atoms with Gasteiger partial charge in [-0.25, -0.2) is 0 Å². The van der Waals surface area contributed by atoms with Crippen LogP contribution in [0.2, 0.25) is 0 Å². The molecule has 0 unspecified atom stereocenters. The van der Waals surface area contributed by atoms with Gasteiger partial charge in [-0.05, 0) is 37.0 Å². The maximum Gasteiger partial charge on any atom is 0.251 e.